The van der Waals surface area contributed by atoms with Gasteiger partial charge in [-0.3, -0.25) is 4.79 Å². The number of pyridine rings is 1. The summed E-state index contributed by atoms with van der Waals surface area (Å²) in [5.41, 5.74) is 4.43. The Morgan fingerprint density at radius 3 is 2.54 bits per heavy atom. The number of anilines is 2. The van der Waals surface area contributed by atoms with Crippen LogP contribution in [-0.4, -0.2) is 50.2 Å². The van der Waals surface area contributed by atoms with E-state index in [4.69, 9.17) is 9.72 Å². The summed E-state index contributed by atoms with van der Waals surface area (Å²) < 4.78 is 5.90. The van der Waals surface area contributed by atoms with E-state index in [0.29, 0.717) is 22.9 Å². The van der Waals surface area contributed by atoms with E-state index in [2.05, 4.69) is 56.1 Å². The third kappa shape index (κ3) is 4.42. The number of morpholine rings is 1. The van der Waals surface area contributed by atoms with Gasteiger partial charge >= 0.3 is 0 Å². The molecule has 3 aromatic heterocycles. The number of benzene rings is 2. The number of hydrogen-bond acceptors (Lipinski definition) is 7. The van der Waals surface area contributed by atoms with Gasteiger partial charge in [0.25, 0.3) is 5.56 Å². The number of aromatic amines is 2. The van der Waals surface area contributed by atoms with Gasteiger partial charge in [0.2, 0.25) is 0 Å². The van der Waals surface area contributed by atoms with E-state index in [-0.39, 0.29) is 23.8 Å². The maximum absolute atomic E-state index is 13.4. The number of nitrogens with zero attached hydrogens (tertiary/aromatic N) is 4. The van der Waals surface area contributed by atoms with Gasteiger partial charge in [-0.25, -0.2) is 15.0 Å². The van der Waals surface area contributed by atoms with E-state index < -0.39 is 0 Å². The molecular weight excluding hydrogens is 466 g/mol. The van der Waals surface area contributed by atoms with Crippen molar-refractivity contribution in [3.8, 4) is 11.4 Å². The highest BCUT2D eigenvalue weighted by atomic mass is 16.5. The van der Waals surface area contributed by atoms with Gasteiger partial charge in [0, 0.05) is 36.6 Å². The van der Waals surface area contributed by atoms with E-state index in [1.807, 2.05) is 37.3 Å². The van der Waals surface area contributed by atoms with Gasteiger partial charge < -0.3 is 24.9 Å². The molecule has 188 valence electrons. The fourth-order valence-corrected chi connectivity index (χ4v) is 5.14. The monoisotopic (exact) mass is 495 g/mol. The molecule has 3 N–H and O–H groups in total. The lowest BCUT2D eigenvalue weighted by molar-refractivity contribution is -0.00521. The van der Waals surface area contributed by atoms with Crippen LogP contribution in [0.3, 0.4) is 0 Å². The summed E-state index contributed by atoms with van der Waals surface area (Å²) in [5, 5.41) is 4.39. The van der Waals surface area contributed by atoms with Crippen molar-refractivity contribution >= 4 is 33.3 Å². The highest BCUT2D eigenvalue weighted by Crippen LogP contribution is 2.33. The Labute approximate surface area is 213 Å². The van der Waals surface area contributed by atoms with Crippen molar-refractivity contribution in [1.82, 2.24) is 24.9 Å². The third-order valence-electron chi connectivity index (χ3n) is 6.74. The smallest absolute Gasteiger partial charge is 0.261 e. The normalized spacial score (nSPS) is 18.8. The summed E-state index contributed by atoms with van der Waals surface area (Å²) in [4.78, 5) is 35.8. The van der Waals surface area contributed by atoms with Gasteiger partial charge in [0.05, 0.1) is 40.5 Å². The minimum atomic E-state index is -0.230. The Kier molecular flexibility index (Phi) is 5.84. The number of rotatable bonds is 5. The Morgan fingerprint density at radius 1 is 1.00 bits per heavy atom. The van der Waals surface area contributed by atoms with Crippen molar-refractivity contribution in [3.05, 3.63) is 77.1 Å². The van der Waals surface area contributed by atoms with Crippen LogP contribution in [0.1, 0.15) is 32.6 Å². The molecule has 0 radical (unpaired) electrons. The Bertz CT molecular complexity index is 1620. The molecule has 0 amide bonds. The van der Waals surface area contributed by atoms with E-state index in [0.717, 1.165) is 40.7 Å². The lowest BCUT2D eigenvalue weighted by Gasteiger charge is -2.36. The molecule has 0 unspecified atom stereocenters. The molecule has 3 atom stereocenters. The first-order valence-corrected chi connectivity index (χ1v) is 12.6. The summed E-state index contributed by atoms with van der Waals surface area (Å²) >= 11 is 0. The number of imidazole rings is 1. The largest absolute Gasteiger partial charge is 0.374 e. The van der Waals surface area contributed by atoms with Crippen LogP contribution in [0.15, 0.2) is 65.7 Å². The van der Waals surface area contributed by atoms with Gasteiger partial charge in [-0.2, -0.15) is 0 Å². The van der Waals surface area contributed by atoms with Gasteiger partial charge in [0.1, 0.15) is 17.2 Å². The van der Waals surface area contributed by atoms with E-state index in [1.54, 1.807) is 18.5 Å². The topological polar surface area (TPSA) is 112 Å². The standard InChI is InChI=1S/C28H29N7O2/c1-16-14-35(15-17(2)37-16)19-9-10-22-23(13-19)33-27(32-22)24-25(31-18(3)26-29-11-6-12-30-26)20-7-4-5-8-21(20)34-28(24)36/h4-13,16-18H,14-15H2,1-3H3,(H,32,33)(H2,31,34,36)/t16-,17-,18+/m1/s1. The first kappa shape index (κ1) is 23.2. The average Bonchev–Trinajstić information content (AvgIpc) is 3.31. The van der Waals surface area contributed by atoms with Crippen LogP contribution in [0, 0.1) is 0 Å². The molecule has 9 heteroatoms. The minimum absolute atomic E-state index is 0.164. The summed E-state index contributed by atoms with van der Waals surface area (Å²) in [6.07, 6.45) is 3.75. The summed E-state index contributed by atoms with van der Waals surface area (Å²) in [7, 11) is 0. The molecule has 0 bridgehead atoms. The predicted octanol–water partition coefficient (Wildman–Crippen LogP) is 4.65. The van der Waals surface area contributed by atoms with Crippen LogP contribution in [-0.2, 0) is 4.74 Å². The molecule has 4 heterocycles. The summed E-state index contributed by atoms with van der Waals surface area (Å²) in [6, 6.07) is 15.5. The van der Waals surface area contributed by atoms with Gasteiger partial charge in [-0.15, -0.1) is 0 Å². The second-order valence-electron chi connectivity index (χ2n) is 9.67. The van der Waals surface area contributed by atoms with Gasteiger partial charge in [0.15, 0.2) is 0 Å². The Morgan fingerprint density at radius 2 is 1.76 bits per heavy atom. The van der Waals surface area contributed by atoms with Gasteiger partial charge in [-0.05, 0) is 51.1 Å². The fourth-order valence-electron chi connectivity index (χ4n) is 5.14. The highest BCUT2D eigenvalue weighted by Gasteiger charge is 2.24. The molecule has 6 rings (SSSR count). The number of fused-ring (bicyclic) bond motifs is 2. The number of ether oxygens (including phenoxy) is 1. The first-order chi connectivity index (χ1) is 18.0. The maximum atomic E-state index is 13.4. The van der Waals surface area contributed by atoms with Crippen molar-refractivity contribution in [2.45, 2.75) is 39.0 Å². The van der Waals surface area contributed by atoms with Crippen molar-refractivity contribution in [2.24, 2.45) is 0 Å². The molecule has 0 spiro atoms. The zero-order valence-electron chi connectivity index (χ0n) is 21.0. The average molecular weight is 496 g/mol. The van der Waals surface area contributed by atoms with E-state index in [1.165, 1.54) is 0 Å². The van der Waals surface area contributed by atoms with Crippen molar-refractivity contribution in [2.75, 3.05) is 23.3 Å². The zero-order valence-corrected chi connectivity index (χ0v) is 21.0. The molecule has 2 aromatic carbocycles. The molecule has 1 aliphatic rings. The fraction of sp³-hybridized carbons (Fsp3) is 0.286. The van der Waals surface area contributed by atoms with E-state index in [9.17, 15) is 4.79 Å². The molecule has 5 aromatic rings. The summed E-state index contributed by atoms with van der Waals surface area (Å²) in [5.74, 6) is 1.15. The Hall–Kier alpha value is -4.24. The van der Waals surface area contributed by atoms with Crippen LogP contribution in [0.25, 0.3) is 33.3 Å². The molecular formula is C28H29N7O2. The van der Waals surface area contributed by atoms with Crippen LogP contribution in [0.5, 0.6) is 0 Å². The van der Waals surface area contributed by atoms with E-state index >= 15 is 0 Å². The Balaban J connectivity index is 1.45. The second kappa shape index (κ2) is 9.33. The number of para-hydroxylation sites is 1. The second-order valence-corrected chi connectivity index (χ2v) is 9.67. The molecule has 0 aliphatic carbocycles. The number of nitrogens with one attached hydrogen (secondary N) is 3. The highest BCUT2D eigenvalue weighted by molar-refractivity contribution is 5.99. The van der Waals surface area contributed by atoms with Crippen LogP contribution in [0.4, 0.5) is 11.4 Å². The quantitative estimate of drug-likeness (QED) is 0.325. The lowest BCUT2D eigenvalue weighted by Crippen LogP contribution is -2.45. The minimum Gasteiger partial charge on any atom is -0.374 e. The molecule has 9 nitrogen and oxygen atoms in total. The van der Waals surface area contributed by atoms with Crippen molar-refractivity contribution < 1.29 is 4.74 Å². The molecule has 1 saturated heterocycles. The number of aromatic nitrogens is 5. The molecule has 37 heavy (non-hydrogen) atoms. The maximum Gasteiger partial charge on any atom is 0.261 e. The number of H-pyrrole nitrogens is 2. The lowest BCUT2D eigenvalue weighted by atomic mass is 10.1. The predicted molar refractivity (Wildman–Crippen MR) is 146 cm³/mol. The van der Waals surface area contributed by atoms with Crippen molar-refractivity contribution in [3.63, 3.8) is 0 Å². The zero-order chi connectivity index (χ0) is 25.5. The van der Waals surface area contributed by atoms with Crippen LogP contribution in [0.2, 0.25) is 0 Å². The first-order valence-electron chi connectivity index (χ1n) is 12.6. The van der Waals surface area contributed by atoms with Gasteiger partial charge in [-0.1, -0.05) is 18.2 Å². The van der Waals surface area contributed by atoms with Crippen LogP contribution >= 0.6 is 0 Å². The number of hydrogen-bond donors (Lipinski definition) is 3. The van der Waals surface area contributed by atoms with Crippen LogP contribution < -0.4 is 15.8 Å². The molecule has 1 aliphatic heterocycles. The summed E-state index contributed by atoms with van der Waals surface area (Å²) in [6.45, 7) is 7.82. The molecule has 0 saturated carbocycles. The SMILES string of the molecule is C[C@@H]1CN(c2ccc3nc(-c4c(N[C@@H](C)c5ncccn5)c5ccccc5[nH]c4=O)[nH]c3c2)C[C@@H](C)O1. The molecule has 1 fully saturated rings. The third-order valence-corrected chi connectivity index (χ3v) is 6.74. The van der Waals surface area contributed by atoms with Crippen molar-refractivity contribution in [1.29, 1.82) is 0 Å².